The van der Waals surface area contributed by atoms with Crippen LogP contribution in [0, 0.1) is 6.92 Å². The number of aliphatic hydroxyl groups is 1. The highest BCUT2D eigenvalue weighted by Gasteiger charge is 2.04. The molecule has 0 fully saturated rings. The first-order valence-corrected chi connectivity index (χ1v) is 5.50. The van der Waals surface area contributed by atoms with Gasteiger partial charge in [0.1, 0.15) is 0 Å². The number of nitrogens with zero attached hydrogens (tertiary/aromatic N) is 3. The SMILES string of the molecule is CCn1cc(Oc2ccc(CO)c(C)n2)cn1. The van der Waals surface area contributed by atoms with Crippen LogP contribution in [0.5, 0.6) is 11.6 Å². The minimum atomic E-state index is -0.00706. The summed E-state index contributed by atoms with van der Waals surface area (Å²) in [5.41, 5.74) is 1.58. The molecule has 0 amide bonds. The lowest BCUT2D eigenvalue weighted by Crippen LogP contribution is -1.95. The molecule has 90 valence electrons. The number of rotatable bonds is 4. The summed E-state index contributed by atoms with van der Waals surface area (Å²) in [5.74, 6) is 1.17. The molecule has 0 aromatic carbocycles. The van der Waals surface area contributed by atoms with Crippen molar-refractivity contribution in [1.82, 2.24) is 14.8 Å². The molecular formula is C12H15N3O2. The average Bonchev–Trinajstić information content (AvgIpc) is 2.77. The maximum atomic E-state index is 9.04. The van der Waals surface area contributed by atoms with E-state index in [1.165, 1.54) is 0 Å². The van der Waals surface area contributed by atoms with E-state index in [0.29, 0.717) is 11.6 Å². The number of ether oxygens (including phenoxy) is 1. The fourth-order valence-electron chi connectivity index (χ4n) is 1.48. The maximum Gasteiger partial charge on any atom is 0.219 e. The molecule has 0 aliphatic carbocycles. The molecule has 0 saturated carbocycles. The van der Waals surface area contributed by atoms with Gasteiger partial charge in [-0.15, -0.1) is 0 Å². The molecule has 2 rings (SSSR count). The van der Waals surface area contributed by atoms with Gasteiger partial charge in [0.25, 0.3) is 0 Å². The molecule has 0 radical (unpaired) electrons. The molecule has 0 aliphatic rings. The summed E-state index contributed by atoms with van der Waals surface area (Å²) in [6.45, 7) is 4.65. The third-order valence-corrected chi connectivity index (χ3v) is 2.50. The number of hydrogen-bond acceptors (Lipinski definition) is 4. The second kappa shape index (κ2) is 4.97. The standard InChI is InChI=1S/C12H15N3O2/c1-3-15-7-11(6-13-15)17-12-5-4-10(8-16)9(2)14-12/h4-7,16H,3,8H2,1-2H3. The number of aryl methyl sites for hydroxylation is 2. The Morgan fingerprint density at radius 2 is 2.24 bits per heavy atom. The van der Waals surface area contributed by atoms with Crippen molar-refractivity contribution in [2.45, 2.75) is 27.0 Å². The first-order chi connectivity index (χ1) is 8.22. The van der Waals surface area contributed by atoms with Crippen LogP contribution in [0.4, 0.5) is 0 Å². The summed E-state index contributed by atoms with van der Waals surface area (Å²) >= 11 is 0. The summed E-state index contributed by atoms with van der Waals surface area (Å²) < 4.78 is 7.35. The molecule has 17 heavy (non-hydrogen) atoms. The lowest BCUT2D eigenvalue weighted by Gasteiger charge is -2.05. The van der Waals surface area contributed by atoms with Gasteiger partial charge < -0.3 is 9.84 Å². The topological polar surface area (TPSA) is 60.2 Å². The van der Waals surface area contributed by atoms with Gasteiger partial charge in [-0.05, 0) is 25.5 Å². The van der Waals surface area contributed by atoms with Gasteiger partial charge in [0.2, 0.25) is 5.88 Å². The van der Waals surface area contributed by atoms with Crippen LogP contribution in [0.2, 0.25) is 0 Å². The minimum absolute atomic E-state index is 0.00706. The molecule has 5 heteroatoms. The van der Waals surface area contributed by atoms with Crippen molar-refractivity contribution in [3.63, 3.8) is 0 Å². The van der Waals surface area contributed by atoms with Gasteiger partial charge in [-0.3, -0.25) is 4.68 Å². The third kappa shape index (κ3) is 2.62. The lowest BCUT2D eigenvalue weighted by molar-refractivity contribution is 0.280. The zero-order chi connectivity index (χ0) is 12.3. The predicted molar refractivity (Wildman–Crippen MR) is 62.9 cm³/mol. The smallest absolute Gasteiger partial charge is 0.219 e. The van der Waals surface area contributed by atoms with Crippen molar-refractivity contribution >= 4 is 0 Å². The van der Waals surface area contributed by atoms with E-state index in [-0.39, 0.29) is 6.61 Å². The number of aliphatic hydroxyl groups excluding tert-OH is 1. The Morgan fingerprint density at radius 1 is 1.41 bits per heavy atom. The van der Waals surface area contributed by atoms with Crippen molar-refractivity contribution < 1.29 is 9.84 Å². The van der Waals surface area contributed by atoms with Crippen LogP contribution in [0.25, 0.3) is 0 Å². The average molecular weight is 233 g/mol. The number of aromatic nitrogens is 3. The van der Waals surface area contributed by atoms with E-state index in [0.717, 1.165) is 17.8 Å². The summed E-state index contributed by atoms with van der Waals surface area (Å²) in [6, 6.07) is 3.55. The fourth-order valence-corrected chi connectivity index (χ4v) is 1.48. The summed E-state index contributed by atoms with van der Waals surface area (Å²) in [4.78, 5) is 4.26. The van der Waals surface area contributed by atoms with Gasteiger partial charge in [-0.2, -0.15) is 5.10 Å². The van der Waals surface area contributed by atoms with Gasteiger partial charge in [0, 0.05) is 18.3 Å². The van der Waals surface area contributed by atoms with Crippen LogP contribution in [0.1, 0.15) is 18.2 Å². The summed E-state index contributed by atoms with van der Waals surface area (Å²) in [6.07, 6.45) is 3.47. The number of hydrogen-bond donors (Lipinski definition) is 1. The van der Waals surface area contributed by atoms with E-state index in [1.54, 1.807) is 16.9 Å². The Bertz CT molecular complexity index is 508. The fraction of sp³-hybridized carbons (Fsp3) is 0.333. The Morgan fingerprint density at radius 3 is 2.82 bits per heavy atom. The van der Waals surface area contributed by atoms with Gasteiger partial charge in [0.15, 0.2) is 5.75 Å². The molecule has 2 aromatic rings. The Kier molecular flexibility index (Phi) is 3.39. The van der Waals surface area contributed by atoms with E-state index in [9.17, 15) is 0 Å². The monoisotopic (exact) mass is 233 g/mol. The Labute approximate surface area is 99.7 Å². The van der Waals surface area contributed by atoms with E-state index < -0.39 is 0 Å². The molecule has 1 N–H and O–H groups in total. The van der Waals surface area contributed by atoms with Gasteiger partial charge in [-0.25, -0.2) is 4.98 Å². The van der Waals surface area contributed by atoms with E-state index >= 15 is 0 Å². The van der Waals surface area contributed by atoms with E-state index in [2.05, 4.69) is 10.1 Å². The van der Waals surface area contributed by atoms with E-state index in [4.69, 9.17) is 9.84 Å². The molecule has 2 heterocycles. The number of pyridine rings is 1. The van der Waals surface area contributed by atoms with Crippen molar-refractivity contribution in [2.75, 3.05) is 0 Å². The second-order valence-corrected chi connectivity index (χ2v) is 3.69. The highest BCUT2D eigenvalue weighted by molar-refractivity contribution is 5.27. The lowest BCUT2D eigenvalue weighted by atomic mass is 10.2. The molecule has 2 aromatic heterocycles. The van der Waals surface area contributed by atoms with Crippen LogP contribution in [-0.2, 0) is 13.2 Å². The Hall–Kier alpha value is -1.88. The quantitative estimate of drug-likeness (QED) is 0.876. The first-order valence-electron chi connectivity index (χ1n) is 5.50. The van der Waals surface area contributed by atoms with Crippen molar-refractivity contribution in [1.29, 1.82) is 0 Å². The molecule has 0 spiro atoms. The maximum absolute atomic E-state index is 9.04. The van der Waals surface area contributed by atoms with Crippen LogP contribution in [0.15, 0.2) is 24.5 Å². The van der Waals surface area contributed by atoms with Crippen LogP contribution in [0.3, 0.4) is 0 Å². The summed E-state index contributed by atoms with van der Waals surface area (Å²) in [7, 11) is 0. The summed E-state index contributed by atoms with van der Waals surface area (Å²) in [5, 5.41) is 13.2. The molecule has 5 nitrogen and oxygen atoms in total. The molecular weight excluding hydrogens is 218 g/mol. The molecule has 0 saturated heterocycles. The predicted octanol–water partition coefficient (Wildman–Crippen LogP) is 1.89. The second-order valence-electron chi connectivity index (χ2n) is 3.69. The van der Waals surface area contributed by atoms with Gasteiger partial charge in [-0.1, -0.05) is 0 Å². The Balaban J connectivity index is 2.15. The molecule has 0 aliphatic heterocycles. The molecule has 0 bridgehead atoms. The largest absolute Gasteiger partial charge is 0.436 e. The van der Waals surface area contributed by atoms with Crippen LogP contribution in [-0.4, -0.2) is 19.9 Å². The normalized spacial score (nSPS) is 10.5. The minimum Gasteiger partial charge on any atom is -0.436 e. The zero-order valence-electron chi connectivity index (χ0n) is 9.92. The van der Waals surface area contributed by atoms with Crippen molar-refractivity contribution in [2.24, 2.45) is 0 Å². The molecule has 0 atom stereocenters. The van der Waals surface area contributed by atoms with Gasteiger partial charge in [0.05, 0.1) is 19.0 Å². The highest BCUT2D eigenvalue weighted by atomic mass is 16.5. The third-order valence-electron chi connectivity index (χ3n) is 2.50. The zero-order valence-corrected chi connectivity index (χ0v) is 9.92. The molecule has 0 unspecified atom stereocenters. The van der Waals surface area contributed by atoms with Crippen LogP contribution >= 0.6 is 0 Å². The van der Waals surface area contributed by atoms with Gasteiger partial charge >= 0.3 is 0 Å². The van der Waals surface area contributed by atoms with Crippen molar-refractivity contribution in [3.05, 3.63) is 35.8 Å². The highest BCUT2D eigenvalue weighted by Crippen LogP contribution is 2.20. The van der Waals surface area contributed by atoms with Crippen LogP contribution < -0.4 is 4.74 Å². The first kappa shape index (κ1) is 11.6. The van der Waals surface area contributed by atoms with Crippen molar-refractivity contribution in [3.8, 4) is 11.6 Å². The van der Waals surface area contributed by atoms with E-state index in [1.807, 2.05) is 26.1 Å².